The zero-order valence-electron chi connectivity index (χ0n) is 30.0. The number of thiophene rings is 1. The molecular weight excluding hydrogens is 742 g/mol. The third kappa shape index (κ3) is 9.41. The van der Waals surface area contributed by atoms with E-state index in [9.17, 15) is 32.4 Å². The van der Waals surface area contributed by atoms with Crippen molar-refractivity contribution in [2.45, 2.75) is 113 Å². The van der Waals surface area contributed by atoms with Crippen LogP contribution in [0.15, 0.2) is 47.9 Å². The van der Waals surface area contributed by atoms with E-state index < -0.39 is 74.3 Å². The molecule has 2 saturated carbocycles. The number of hydrogen-bond donors (Lipinski definition) is 4. The molecule has 2 aliphatic heterocycles. The van der Waals surface area contributed by atoms with E-state index in [0.717, 1.165) is 23.3 Å². The maximum atomic E-state index is 14.4. The van der Waals surface area contributed by atoms with Gasteiger partial charge in [0.1, 0.15) is 23.2 Å². The van der Waals surface area contributed by atoms with Crippen molar-refractivity contribution < 1.29 is 37.1 Å². The van der Waals surface area contributed by atoms with Gasteiger partial charge in [-0.25, -0.2) is 13.2 Å². The minimum atomic E-state index is -3.90. The summed E-state index contributed by atoms with van der Waals surface area (Å²) in [5, 5.41) is 10.2. The number of ether oxygens (including phenoxy) is 1. The Morgan fingerprint density at radius 3 is 2.47 bits per heavy atom. The molecule has 286 valence electrons. The summed E-state index contributed by atoms with van der Waals surface area (Å²) in [6.45, 7) is 5.10. The monoisotopic (exact) mass is 787 g/mol. The molecule has 4 aliphatic rings. The number of alkyl carbamates (subject to hydrolysis) is 1. The van der Waals surface area contributed by atoms with E-state index in [1.807, 2.05) is 24.3 Å². The van der Waals surface area contributed by atoms with Crippen LogP contribution in [0.25, 0.3) is 10.4 Å². The molecule has 5 amide bonds. The summed E-state index contributed by atoms with van der Waals surface area (Å²) in [5.74, 6) is -2.82. The molecule has 1 aromatic carbocycles. The molecule has 3 heterocycles. The number of carbonyl (C=O) groups is 5. The van der Waals surface area contributed by atoms with Crippen LogP contribution in [0.4, 0.5) is 4.79 Å². The maximum absolute atomic E-state index is 14.4. The molecule has 0 bridgehead atoms. The first kappa shape index (κ1) is 38.8. The number of nitrogens with zero attached hydrogens (tertiary/aromatic N) is 1. The Hall–Kier alpha value is -3.95. The van der Waals surface area contributed by atoms with Crippen molar-refractivity contribution in [1.82, 2.24) is 25.6 Å². The van der Waals surface area contributed by atoms with Gasteiger partial charge in [0.05, 0.1) is 10.8 Å². The fraction of sp³-hybridized carbons (Fsp3) is 0.541. The summed E-state index contributed by atoms with van der Waals surface area (Å²) in [5.41, 5.74) is -1.03. The molecule has 0 radical (unpaired) electrons. The van der Waals surface area contributed by atoms with Crippen LogP contribution in [0.3, 0.4) is 0 Å². The number of sulfonamides is 1. The van der Waals surface area contributed by atoms with Gasteiger partial charge in [-0.15, -0.1) is 11.3 Å². The Labute approximate surface area is 318 Å². The minimum absolute atomic E-state index is 0.0230. The highest BCUT2D eigenvalue weighted by molar-refractivity contribution is 7.91. The quantitative estimate of drug-likeness (QED) is 0.293. The molecule has 53 heavy (non-hydrogen) atoms. The van der Waals surface area contributed by atoms with Crippen LogP contribution in [-0.2, 0) is 29.1 Å². The molecular formula is C37H46ClN5O8S2. The Bertz CT molecular complexity index is 1890. The smallest absolute Gasteiger partial charge is 0.408 e. The predicted molar refractivity (Wildman–Crippen MR) is 201 cm³/mol. The molecule has 2 aromatic rings. The van der Waals surface area contributed by atoms with Crippen molar-refractivity contribution in [2.24, 2.45) is 5.92 Å². The average molecular weight is 788 g/mol. The van der Waals surface area contributed by atoms with Gasteiger partial charge in [-0.3, -0.25) is 23.9 Å². The van der Waals surface area contributed by atoms with Gasteiger partial charge in [0.15, 0.2) is 0 Å². The topological polar surface area (TPSA) is 180 Å². The molecule has 4 N–H and O–H groups in total. The van der Waals surface area contributed by atoms with Gasteiger partial charge in [0, 0.05) is 33.8 Å². The molecule has 13 nitrogen and oxygen atoms in total. The van der Waals surface area contributed by atoms with E-state index in [0.29, 0.717) is 42.7 Å². The van der Waals surface area contributed by atoms with Gasteiger partial charge in [-0.2, -0.15) is 0 Å². The number of halogens is 1. The minimum Gasteiger partial charge on any atom is -0.444 e. The average Bonchev–Trinajstić information content (AvgIpc) is 3.96. The fourth-order valence-electron chi connectivity index (χ4n) is 6.84. The Balaban J connectivity index is 1.26. The molecule has 0 unspecified atom stereocenters. The normalized spacial score (nSPS) is 27.2. The second-order valence-electron chi connectivity index (χ2n) is 15.3. The standard InChI is InChI=1S/C37H46ClN5O8S2/c1-36(2,3)51-35(48)40-28-10-8-6-4-5-7-9-24-19-37(24,34(47)42-53(49,50)27-15-16-27)41-32(45)29-18-26(20-43(29)33(28)46)39-31(44)23-17-30(52-21-23)22-11-13-25(38)14-12-22/h7,9,11-14,17,21,24,26-29H,4-6,8,10,15-16,18-20H2,1-3H3,(H,39,44)(H,40,48)(H,41,45)(H,42,47)/b9-7-/t24-,26+,28-,29-,37+/m0/s1. The lowest BCUT2D eigenvalue weighted by Gasteiger charge is -2.30. The van der Waals surface area contributed by atoms with Crippen LogP contribution in [0.2, 0.25) is 5.02 Å². The van der Waals surface area contributed by atoms with Gasteiger partial charge < -0.3 is 25.6 Å². The highest BCUT2D eigenvalue weighted by atomic mass is 35.5. The highest BCUT2D eigenvalue weighted by Crippen LogP contribution is 2.46. The van der Waals surface area contributed by atoms with Crippen molar-refractivity contribution in [3.63, 3.8) is 0 Å². The highest BCUT2D eigenvalue weighted by Gasteiger charge is 2.62. The van der Waals surface area contributed by atoms with Crippen LogP contribution < -0.4 is 20.7 Å². The number of nitrogens with one attached hydrogen (secondary N) is 4. The van der Waals surface area contributed by atoms with Crippen molar-refractivity contribution in [3.05, 3.63) is 58.5 Å². The SMILES string of the molecule is CC(C)(C)OC(=O)N[C@H]1CCCCC/C=C\[C@H]2C[C@@]2(C(=O)NS(=O)(=O)C2CC2)NC(=O)[C@@H]2C[C@@H](NC(=O)c3csc(-c4ccc(Cl)cc4)c3)CN2C1=O. The van der Waals surface area contributed by atoms with Crippen molar-refractivity contribution in [3.8, 4) is 10.4 Å². The van der Waals surface area contributed by atoms with Gasteiger partial charge in [0.25, 0.3) is 11.8 Å². The summed E-state index contributed by atoms with van der Waals surface area (Å²) in [6.07, 6.45) is 7.25. The zero-order valence-corrected chi connectivity index (χ0v) is 32.4. The molecule has 1 saturated heterocycles. The van der Waals surface area contributed by atoms with E-state index in [1.54, 1.807) is 44.4 Å². The largest absolute Gasteiger partial charge is 0.444 e. The molecule has 6 rings (SSSR count). The molecule has 16 heteroatoms. The van der Waals surface area contributed by atoms with Gasteiger partial charge in [-0.1, -0.05) is 48.7 Å². The van der Waals surface area contributed by atoms with Crippen LogP contribution in [0.5, 0.6) is 0 Å². The number of benzene rings is 1. The summed E-state index contributed by atoms with van der Waals surface area (Å²) < 4.78 is 33.2. The van der Waals surface area contributed by atoms with Gasteiger partial charge in [0.2, 0.25) is 21.8 Å². The number of amides is 5. The van der Waals surface area contributed by atoms with E-state index in [4.69, 9.17) is 16.3 Å². The van der Waals surface area contributed by atoms with Gasteiger partial charge >= 0.3 is 6.09 Å². The lowest BCUT2D eigenvalue weighted by atomic mass is 10.0. The first-order valence-corrected chi connectivity index (χ1v) is 20.8. The van der Waals surface area contributed by atoms with Crippen molar-refractivity contribution in [2.75, 3.05) is 6.54 Å². The van der Waals surface area contributed by atoms with E-state index in [2.05, 4.69) is 20.7 Å². The molecule has 1 aromatic heterocycles. The summed E-state index contributed by atoms with van der Waals surface area (Å²) in [7, 11) is -3.90. The molecule has 3 fully saturated rings. The fourth-order valence-corrected chi connectivity index (χ4v) is 9.23. The maximum Gasteiger partial charge on any atom is 0.408 e. The van der Waals surface area contributed by atoms with Crippen LogP contribution in [-0.4, -0.2) is 84.1 Å². The van der Waals surface area contributed by atoms with Crippen LogP contribution in [0.1, 0.15) is 88.9 Å². The Kier molecular flexibility index (Phi) is 11.3. The molecule has 0 spiro atoms. The number of fused-ring (bicyclic) bond motifs is 2. The number of rotatable bonds is 7. The second kappa shape index (κ2) is 15.4. The van der Waals surface area contributed by atoms with Crippen molar-refractivity contribution in [1.29, 1.82) is 0 Å². The summed E-state index contributed by atoms with van der Waals surface area (Å²) >= 11 is 7.43. The van der Waals surface area contributed by atoms with Crippen LogP contribution >= 0.6 is 22.9 Å². The lowest BCUT2D eigenvalue weighted by molar-refractivity contribution is -0.141. The summed E-state index contributed by atoms with van der Waals surface area (Å²) in [4.78, 5) is 70.9. The third-order valence-corrected chi connectivity index (χ3v) is 12.9. The van der Waals surface area contributed by atoms with E-state index >= 15 is 0 Å². The molecule has 2 aliphatic carbocycles. The third-order valence-electron chi connectivity index (χ3n) is 9.90. The predicted octanol–water partition coefficient (Wildman–Crippen LogP) is 4.66. The zero-order chi connectivity index (χ0) is 38.1. The van der Waals surface area contributed by atoms with E-state index in [-0.39, 0.29) is 25.3 Å². The Morgan fingerprint density at radius 1 is 1.04 bits per heavy atom. The first-order valence-electron chi connectivity index (χ1n) is 18.0. The number of hydrogen-bond acceptors (Lipinski definition) is 9. The van der Waals surface area contributed by atoms with Crippen LogP contribution in [0, 0.1) is 5.92 Å². The second-order valence-corrected chi connectivity index (χ2v) is 18.6. The van der Waals surface area contributed by atoms with E-state index in [1.165, 1.54) is 16.2 Å². The Morgan fingerprint density at radius 2 is 1.77 bits per heavy atom. The summed E-state index contributed by atoms with van der Waals surface area (Å²) in [6, 6.07) is 6.20. The number of carbonyl (C=O) groups excluding carboxylic acids is 5. The lowest BCUT2D eigenvalue weighted by Crippen LogP contribution is -2.58. The van der Waals surface area contributed by atoms with Gasteiger partial charge in [-0.05, 0) is 89.5 Å². The molecule has 5 atom stereocenters. The number of allylic oxidation sites excluding steroid dienone is 1. The first-order chi connectivity index (χ1) is 25.0. The van der Waals surface area contributed by atoms with Crippen molar-refractivity contribution >= 4 is 62.7 Å².